The van der Waals surface area contributed by atoms with Crippen molar-refractivity contribution in [1.82, 2.24) is 9.97 Å². The molecule has 3 aromatic rings. The number of para-hydroxylation sites is 2. The molecule has 4 rings (SSSR count). The van der Waals surface area contributed by atoms with Gasteiger partial charge in [-0.1, -0.05) is 36.4 Å². The molecular weight excluding hydrogens is 366 g/mol. The molecule has 0 saturated heterocycles. The minimum absolute atomic E-state index is 0.0615. The minimum atomic E-state index is -0.565. The summed E-state index contributed by atoms with van der Waals surface area (Å²) in [5.41, 5.74) is 2.29. The fraction of sp³-hybridized carbons (Fsp3) is 0.261. The van der Waals surface area contributed by atoms with Crippen molar-refractivity contribution in [3.05, 3.63) is 71.5 Å². The Balaban J connectivity index is 1.57. The molecule has 6 nitrogen and oxygen atoms in total. The number of hydrogen-bond acceptors (Lipinski definition) is 5. The molecule has 0 spiro atoms. The molecule has 1 N–H and O–H groups in total. The lowest BCUT2D eigenvalue weighted by atomic mass is 9.93. The second-order valence-electron chi connectivity index (χ2n) is 7.20. The van der Waals surface area contributed by atoms with Gasteiger partial charge in [0.05, 0.1) is 29.6 Å². The number of benzene rings is 2. The van der Waals surface area contributed by atoms with E-state index in [0.29, 0.717) is 22.8 Å². The van der Waals surface area contributed by atoms with Gasteiger partial charge in [0.15, 0.2) is 0 Å². The van der Waals surface area contributed by atoms with Gasteiger partial charge < -0.3 is 14.8 Å². The number of methoxy groups -OCH3 is 1. The Kier molecular flexibility index (Phi) is 4.92. The largest absolute Gasteiger partial charge is 0.496 e. The van der Waals surface area contributed by atoms with Crippen molar-refractivity contribution in [3.8, 4) is 17.5 Å². The number of anilines is 1. The van der Waals surface area contributed by atoms with Crippen LogP contribution in [0.15, 0.2) is 54.6 Å². The van der Waals surface area contributed by atoms with Crippen LogP contribution in [0.1, 0.15) is 29.8 Å². The van der Waals surface area contributed by atoms with Gasteiger partial charge in [0.1, 0.15) is 11.5 Å². The summed E-state index contributed by atoms with van der Waals surface area (Å²) in [5.74, 6) is 1.33. The van der Waals surface area contributed by atoms with Gasteiger partial charge in [-0.3, -0.25) is 4.79 Å². The molecule has 148 valence electrons. The fourth-order valence-corrected chi connectivity index (χ4v) is 3.52. The van der Waals surface area contributed by atoms with Crippen molar-refractivity contribution in [1.29, 1.82) is 0 Å². The van der Waals surface area contributed by atoms with Crippen molar-refractivity contribution in [2.75, 3.05) is 12.4 Å². The normalized spacial score (nSPS) is 14.2. The number of rotatable bonds is 6. The van der Waals surface area contributed by atoms with E-state index in [2.05, 4.69) is 15.3 Å². The van der Waals surface area contributed by atoms with E-state index in [1.807, 2.05) is 68.4 Å². The van der Waals surface area contributed by atoms with Crippen LogP contribution in [0.5, 0.6) is 17.5 Å². The maximum atomic E-state index is 13.2. The lowest BCUT2D eigenvalue weighted by Crippen LogP contribution is -2.29. The zero-order valence-electron chi connectivity index (χ0n) is 16.7. The Morgan fingerprint density at radius 2 is 1.59 bits per heavy atom. The smallest absolute Gasteiger partial charge is 0.322 e. The molecule has 1 heterocycles. The SMILES string of the molecule is COc1ccccc1C1(C(=O)Nc2c(C)nc(Oc3ccccc3)nc2C)CC1. The Hall–Kier alpha value is -3.41. The predicted molar refractivity (Wildman–Crippen MR) is 111 cm³/mol. The zero-order chi connectivity index (χ0) is 20.4. The van der Waals surface area contributed by atoms with Gasteiger partial charge in [-0.2, -0.15) is 9.97 Å². The molecule has 0 aliphatic heterocycles. The summed E-state index contributed by atoms with van der Waals surface area (Å²) in [5, 5.41) is 3.05. The molecule has 29 heavy (non-hydrogen) atoms. The fourth-order valence-electron chi connectivity index (χ4n) is 3.52. The van der Waals surface area contributed by atoms with Crippen molar-refractivity contribution in [2.45, 2.75) is 32.1 Å². The molecule has 6 heteroatoms. The summed E-state index contributed by atoms with van der Waals surface area (Å²) in [4.78, 5) is 22.0. The number of nitrogens with one attached hydrogen (secondary N) is 1. The zero-order valence-corrected chi connectivity index (χ0v) is 16.7. The van der Waals surface area contributed by atoms with Crippen LogP contribution >= 0.6 is 0 Å². The van der Waals surface area contributed by atoms with Gasteiger partial charge in [-0.05, 0) is 44.9 Å². The molecule has 1 aliphatic rings. The minimum Gasteiger partial charge on any atom is -0.496 e. The van der Waals surface area contributed by atoms with Gasteiger partial charge in [-0.25, -0.2) is 0 Å². The Labute approximate surface area is 169 Å². The van der Waals surface area contributed by atoms with Crippen LogP contribution in [0.2, 0.25) is 0 Å². The summed E-state index contributed by atoms with van der Waals surface area (Å²) >= 11 is 0. The van der Waals surface area contributed by atoms with Gasteiger partial charge >= 0.3 is 6.01 Å². The highest BCUT2D eigenvalue weighted by molar-refractivity contribution is 6.02. The highest BCUT2D eigenvalue weighted by Crippen LogP contribution is 2.52. The number of carbonyl (C=O) groups excluding carboxylic acids is 1. The third kappa shape index (κ3) is 3.66. The van der Waals surface area contributed by atoms with E-state index in [0.717, 1.165) is 24.2 Å². The summed E-state index contributed by atoms with van der Waals surface area (Å²) < 4.78 is 11.2. The van der Waals surface area contributed by atoms with Gasteiger partial charge in [0.2, 0.25) is 5.91 Å². The van der Waals surface area contributed by atoms with Crippen molar-refractivity contribution >= 4 is 11.6 Å². The van der Waals surface area contributed by atoms with E-state index in [1.54, 1.807) is 7.11 Å². The first-order valence-corrected chi connectivity index (χ1v) is 9.56. The topological polar surface area (TPSA) is 73.3 Å². The van der Waals surface area contributed by atoms with Crippen LogP contribution in [-0.2, 0) is 10.2 Å². The first-order chi connectivity index (χ1) is 14.0. The molecule has 0 bridgehead atoms. The second-order valence-corrected chi connectivity index (χ2v) is 7.20. The highest BCUT2D eigenvalue weighted by atomic mass is 16.5. The third-order valence-corrected chi connectivity index (χ3v) is 5.25. The number of hydrogen-bond donors (Lipinski definition) is 1. The van der Waals surface area contributed by atoms with Crippen LogP contribution in [0.3, 0.4) is 0 Å². The van der Waals surface area contributed by atoms with Crippen molar-refractivity contribution in [3.63, 3.8) is 0 Å². The van der Waals surface area contributed by atoms with Crippen LogP contribution in [-0.4, -0.2) is 23.0 Å². The summed E-state index contributed by atoms with van der Waals surface area (Å²) in [6.07, 6.45) is 1.57. The maximum Gasteiger partial charge on any atom is 0.322 e. The molecule has 0 unspecified atom stereocenters. The first-order valence-electron chi connectivity index (χ1n) is 9.56. The van der Waals surface area contributed by atoms with Gasteiger partial charge in [0.25, 0.3) is 0 Å². The van der Waals surface area contributed by atoms with Crippen LogP contribution in [0.25, 0.3) is 0 Å². The van der Waals surface area contributed by atoms with Crippen molar-refractivity contribution < 1.29 is 14.3 Å². The van der Waals surface area contributed by atoms with E-state index in [4.69, 9.17) is 9.47 Å². The highest BCUT2D eigenvalue weighted by Gasteiger charge is 2.53. The Morgan fingerprint density at radius 3 is 2.21 bits per heavy atom. The summed E-state index contributed by atoms with van der Waals surface area (Å²) in [7, 11) is 1.63. The number of aromatic nitrogens is 2. The molecule has 1 amide bonds. The quantitative estimate of drug-likeness (QED) is 0.669. The van der Waals surface area contributed by atoms with Crippen LogP contribution in [0, 0.1) is 13.8 Å². The van der Waals surface area contributed by atoms with Crippen LogP contribution in [0.4, 0.5) is 5.69 Å². The molecule has 0 atom stereocenters. The standard InChI is InChI=1S/C23H23N3O3/c1-15-20(16(2)25-22(24-15)29-17-9-5-4-6-10-17)26-21(27)23(13-14-23)18-11-7-8-12-19(18)28-3/h4-12H,13-14H2,1-3H3,(H,26,27). The number of aryl methyl sites for hydroxylation is 2. The van der Waals surface area contributed by atoms with Crippen molar-refractivity contribution in [2.24, 2.45) is 0 Å². The average Bonchev–Trinajstić information content (AvgIpc) is 3.53. The Bertz CT molecular complexity index is 1020. The Morgan fingerprint density at radius 1 is 0.966 bits per heavy atom. The van der Waals surface area contributed by atoms with Gasteiger partial charge in [-0.15, -0.1) is 0 Å². The predicted octanol–water partition coefficient (Wildman–Crippen LogP) is 4.56. The average molecular weight is 389 g/mol. The summed E-state index contributed by atoms with van der Waals surface area (Å²) in [6.45, 7) is 3.68. The molecule has 1 saturated carbocycles. The first kappa shape index (κ1) is 18.9. The number of carbonyl (C=O) groups is 1. The number of nitrogens with zero attached hydrogens (tertiary/aromatic N) is 2. The molecule has 2 aromatic carbocycles. The van der Waals surface area contributed by atoms with E-state index in [1.165, 1.54) is 0 Å². The van der Waals surface area contributed by atoms with E-state index < -0.39 is 5.41 Å². The molecule has 0 radical (unpaired) electrons. The number of ether oxygens (including phenoxy) is 2. The lowest BCUT2D eigenvalue weighted by Gasteiger charge is -2.20. The van der Waals surface area contributed by atoms with E-state index >= 15 is 0 Å². The lowest BCUT2D eigenvalue weighted by molar-refractivity contribution is -0.118. The van der Waals surface area contributed by atoms with E-state index in [-0.39, 0.29) is 11.9 Å². The molecular formula is C23H23N3O3. The monoisotopic (exact) mass is 389 g/mol. The number of amides is 1. The second kappa shape index (κ2) is 7.54. The molecule has 1 aromatic heterocycles. The molecule has 1 aliphatic carbocycles. The summed E-state index contributed by atoms with van der Waals surface area (Å²) in [6, 6.07) is 17.3. The van der Waals surface area contributed by atoms with E-state index in [9.17, 15) is 4.79 Å². The van der Waals surface area contributed by atoms with Crippen LogP contribution < -0.4 is 14.8 Å². The molecule has 1 fully saturated rings. The van der Waals surface area contributed by atoms with Gasteiger partial charge in [0, 0.05) is 5.56 Å². The third-order valence-electron chi connectivity index (χ3n) is 5.25. The maximum absolute atomic E-state index is 13.2.